The van der Waals surface area contributed by atoms with Gasteiger partial charge < -0.3 is 5.32 Å². The van der Waals surface area contributed by atoms with Crippen molar-refractivity contribution in [3.8, 4) is 11.8 Å². The van der Waals surface area contributed by atoms with Crippen molar-refractivity contribution < 1.29 is 9.18 Å². The number of nitrogens with zero attached hydrogens (tertiary/aromatic N) is 1. The molecule has 2 aromatic carbocycles. The smallest absolute Gasteiger partial charge is 0.251 e. The quantitative estimate of drug-likeness (QED) is 0.281. The zero-order valence-corrected chi connectivity index (χ0v) is 20.4. The molecule has 0 saturated heterocycles. The first-order valence-corrected chi connectivity index (χ1v) is 12.1. The molecule has 0 unspecified atom stereocenters. The van der Waals surface area contributed by atoms with Gasteiger partial charge in [0.25, 0.3) is 5.91 Å². The number of H-pyrrole nitrogens is 1. The molecule has 0 aliphatic carbocycles. The van der Waals surface area contributed by atoms with Crippen LogP contribution in [0.15, 0.2) is 54.9 Å². The maximum absolute atomic E-state index is 13.3. The maximum atomic E-state index is 13.3. The van der Waals surface area contributed by atoms with Crippen LogP contribution in [0.4, 0.5) is 4.39 Å². The summed E-state index contributed by atoms with van der Waals surface area (Å²) < 4.78 is 13.3. The molecule has 1 heterocycles. The van der Waals surface area contributed by atoms with Gasteiger partial charge in [-0.15, -0.1) is 0 Å². The highest BCUT2D eigenvalue weighted by Crippen LogP contribution is 2.36. The van der Waals surface area contributed by atoms with Gasteiger partial charge in [-0.05, 0) is 78.6 Å². The number of benzene rings is 2. The number of hydrogen-bond donors (Lipinski definition) is 2. The van der Waals surface area contributed by atoms with E-state index in [0.717, 1.165) is 55.2 Å². The average Bonchev–Trinajstić information content (AvgIpc) is 3.35. The molecule has 0 saturated carbocycles. The van der Waals surface area contributed by atoms with Gasteiger partial charge in [0.05, 0.1) is 6.20 Å². The molecule has 3 aromatic rings. The summed E-state index contributed by atoms with van der Waals surface area (Å²) in [5, 5.41) is 9.77. The van der Waals surface area contributed by atoms with Crippen LogP contribution in [0, 0.1) is 17.7 Å². The SMILES string of the molecule is CCCC(C)(CCC)c1ccc(C(=O)NCCCc2cn[nH]c2)cc1C#Cc1ccc(F)cc1. The van der Waals surface area contributed by atoms with Gasteiger partial charge in [-0.3, -0.25) is 9.89 Å². The van der Waals surface area contributed by atoms with E-state index in [9.17, 15) is 9.18 Å². The van der Waals surface area contributed by atoms with Crippen molar-refractivity contribution in [2.45, 2.75) is 64.7 Å². The summed E-state index contributed by atoms with van der Waals surface area (Å²) in [5.74, 6) is 6.07. The molecule has 0 spiro atoms. The third kappa shape index (κ3) is 6.81. The Balaban J connectivity index is 1.85. The molecule has 5 heteroatoms. The fraction of sp³-hybridized carbons (Fsp3) is 0.379. The fourth-order valence-electron chi connectivity index (χ4n) is 4.50. The van der Waals surface area contributed by atoms with Crippen LogP contribution in [0.2, 0.25) is 0 Å². The molecule has 4 nitrogen and oxygen atoms in total. The topological polar surface area (TPSA) is 57.8 Å². The van der Waals surface area contributed by atoms with Crippen LogP contribution < -0.4 is 5.32 Å². The van der Waals surface area contributed by atoms with Crippen LogP contribution in [0.25, 0.3) is 0 Å². The Morgan fingerprint density at radius 1 is 1.09 bits per heavy atom. The normalized spacial score (nSPS) is 11.1. The Morgan fingerprint density at radius 2 is 1.82 bits per heavy atom. The predicted octanol–water partition coefficient (Wildman–Crippen LogP) is 6.17. The van der Waals surface area contributed by atoms with Gasteiger partial charge in [-0.1, -0.05) is 51.5 Å². The second kappa shape index (κ2) is 12.2. The average molecular weight is 460 g/mol. The van der Waals surface area contributed by atoms with E-state index in [-0.39, 0.29) is 17.1 Å². The van der Waals surface area contributed by atoms with Crippen molar-refractivity contribution in [2.75, 3.05) is 6.54 Å². The third-order valence-electron chi connectivity index (χ3n) is 6.20. The van der Waals surface area contributed by atoms with Crippen molar-refractivity contribution in [3.63, 3.8) is 0 Å². The monoisotopic (exact) mass is 459 g/mol. The van der Waals surface area contributed by atoms with Gasteiger partial charge >= 0.3 is 0 Å². The van der Waals surface area contributed by atoms with Gasteiger partial charge in [0.15, 0.2) is 0 Å². The standard InChI is InChI=1S/C29H34FN3O/c1-4-16-29(3,17-5-2)27-15-12-25(28(34)31-18-6-7-23-20-32-33-21-23)19-24(27)11-8-22-9-13-26(30)14-10-22/h9-10,12-15,19-21H,4-7,16-18H2,1-3H3,(H,31,34)(H,32,33). The second-order valence-corrected chi connectivity index (χ2v) is 9.04. The van der Waals surface area contributed by atoms with Gasteiger partial charge in [0.1, 0.15) is 5.82 Å². The van der Waals surface area contributed by atoms with E-state index in [2.05, 4.69) is 54.2 Å². The van der Waals surface area contributed by atoms with Crippen molar-refractivity contribution in [1.82, 2.24) is 15.5 Å². The number of rotatable bonds is 10. The molecule has 34 heavy (non-hydrogen) atoms. The summed E-state index contributed by atoms with van der Waals surface area (Å²) >= 11 is 0. The van der Waals surface area contributed by atoms with Crippen molar-refractivity contribution in [2.24, 2.45) is 0 Å². The molecular formula is C29H34FN3O. The minimum atomic E-state index is -0.281. The second-order valence-electron chi connectivity index (χ2n) is 9.04. The van der Waals surface area contributed by atoms with Gasteiger partial charge in [-0.2, -0.15) is 5.10 Å². The van der Waals surface area contributed by atoms with Crippen LogP contribution in [0.1, 0.15) is 85.5 Å². The summed E-state index contributed by atoms with van der Waals surface area (Å²) in [6.07, 6.45) is 9.60. The Hall–Kier alpha value is -3.39. The molecule has 0 bridgehead atoms. The third-order valence-corrected chi connectivity index (χ3v) is 6.20. The summed E-state index contributed by atoms with van der Waals surface area (Å²) in [6, 6.07) is 12.1. The highest BCUT2D eigenvalue weighted by molar-refractivity contribution is 5.94. The Kier molecular flexibility index (Phi) is 9.04. The number of carbonyl (C=O) groups is 1. The highest BCUT2D eigenvalue weighted by Gasteiger charge is 2.27. The molecule has 0 aliphatic heterocycles. The van der Waals surface area contributed by atoms with Crippen LogP contribution in [-0.4, -0.2) is 22.6 Å². The van der Waals surface area contributed by atoms with Gasteiger partial charge in [0, 0.05) is 29.4 Å². The minimum Gasteiger partial charge on any atom is -0.352 e. The summed E-state index contributed by atoms with van der Waals surface area (Å²) in [6.45, 7) is 7.27. The summed E-state index contributed by atoms with van der Waals surface area (Å²) in [4.78, 5) is 12.9. The lowest BCUT2D eigenvalue weighted by Crippen LogP contribution is -2.26. The number of hydrogen-bond acceptors (Lipinski definition) is 2. The number of halogens is 1. The lowest BCUT2D eigenvalue weighted by molar-refractivity contribution is 0.0953. The van der Waals surface area contributed by atoms with Gasteiger partial charge in [0.2, 0.25) is 0 Å². The lowest BCUT2D eigenvalue weighted by atomic mass is 9.73. The van der Waals surface area contributed by atoms with Crippen LogP contribution in [0.5, 0.6) is 0 Å². The molecule has 0 aliphatic rings. The van der Waals surface area contributed by atoms with E-state index in [1.807, 2.05) is 18.3 Å². The molecule has 0 radical (unpaired) electrons. The molecule has 178 valence electrons. The van der Waals surface area contributed by atoms with Crippen LogP contribution in [0.3, 0.4) is 0 Å². The largest absolute Gasteiger partial charge is 0.352 e. The first-order chi connectivity index (χ1) is 16.4. The van der Waals surface area contributed by atoms with E-state index >= 15 is 0 Å². The van der Waals surface area contributed by atoms with Crippen LogP contribution in [-0.2, 0) is 11.8 Å². The number of amides is 1. The molecule has 1 aromatic heterocycles. The molecule has 3 rings (SSSR count). The molecule has 0 fully saturated rings. The van der Waals surface area contributed by atoms with Crippen molar-refractivity contribution >= 4 is 5.91 Å². The Morgan fingerprint density at radius 3 is 2.47 bits per heavy atom. The maximum Gasteiger partial charge on any atom is 0.251 e. The molecule has 2 N–H and O–H groups in total. The highest BCUT2D eigenvalue weighted by atomic mass is 19.1. The molecule has 1 amide bonds. The number of carbonyl (C=O) groups excluding carboxylic acids is 1. The zero-order chi connectivity index (χ0) is 24.4. The first-order valence-electron chi connectivity index (χ1n) is 12.1. The number of nitrogens with one attached hydrogen (secondary N) is 2. The first kappa shape index (κ1) is 25.2. The number of aromatic nitrogens is 2. The molecule has 0 atom stereocenters. The lowest BCUT2D eigenvalue weighted by Gasteiger charge is -2.31. The van der Waals surface area contributed by atoms with E-state index in [0.29, 0.717) is 12.1 Å². The van der Waals surface area contributed by atoms with Crippen molar-refractivity contribution in [3.05, 3.63) is 88.5 Å². The number of aromatic amines is 1. The summed E-state index contributed by atoms with van der Waals surface area (Å²) in [5.41, 5.74) is 4.49. The Bertz CT molecular complexity index is 1120. The van der Waals surface area contributed by atoms with Crippen LogP contribution >= 0.6 is 0 Å². The zero-order valence-electron chi connectivity index (χ0n) is 20.4. The van der Waals surface area contributed by atoms with E-state index < -0.39 is 0 Å². The van der Waals surface area contributed by atoms with Gasteiger partial charge in [-0.25, -0.2) is 4.39 Å². The Labute approximate surface area is 202 Å². The van der Waals surface area contributed by atoms with E-state index in [1.165, 1.54) is 17.7 Å². The number of aryl methyl sites for hydroxylation is 1. The molecular weight excluding hydrogens is 425 g/mol. The van der Waals surface area contributed by atoms with E-state index in [4.69, 9.17) is 0 Å². The minimum absolute atomic E-state index is 0.0179. The van der Waals surface area contributed by atoms with Crippen molar-refractivity contribution in [1.29, 1.82) is 0 Å². The fourth-order valence-corrected chi connectivity index (χ4v) is 4.50. The predicted molar refractivity (Wildman–Crippen MR) is 135 cm³/mol. The van der Waals surface area contributed by atoms with E-state index in [1.54, 1.807) is 18.3 Å². The summed E-state index contributed by atoms with van der Waals surface area (Å²) in [7, 11) is 0.